The van der Waals surface area contributed by atoms with Crippen LogP contribution in [0.4, 0.5) is 0 Å². The summed E-state index contributed by atoms with van der Waals surface area (Å²) in [6.45, 7) is 5.14. The third-order valence-electron chi connectivity index (χ3n) is 3.21. The van der Waals surface area contributed by atoms with E-state index in [1.165, 1.54) is 6.42 Å². The zero-order valence-electron chi connectivity index (χ0n) is 10.2. The predicted molar refractivity (Wildman–Crippen MR) is 58.8 cm³/mol. The summed E-state index contributed by atoms with van der Waals surface area (Å²) in [6, 6.07) is 0. The maximum absolute atomic E-state index is 5.46. The van der Waals surface area contributed by atoms with Crippen molar-refractivity contribution in [1.29, 1.82) is 0 Å². The van der Waals surface area contributed by atoms with Crippen molar-refractivity contribution in [2.45, 2.75) is 25.7 Å². The SMILES string of the molecule is COC(CN1CCC(C)C(OC)C1)OC. The van der Waals surface area contributed by atoms with Gasteiger partial charge in [0, 0.05) is 34.4 Å². The minimum absolute atomic E-state index is 0.129. The van der Waals surface area contributed by atoms with E-state index in [9.17, 15) is 0 Å². The van der Waals surface area contributed by atoms with Gasteiger partial charge in [-0.05, 0) is 18.9 Å². The smallest absolute Gasteiger partial charge is 0.169 e. The fourth-order valence-corrected chi connectivity index (χ4v) is 2.03. The average molecular weight is 217 g/mol. The third-order valence-corrected chi connectivity index (χ3v) is 3.21. The molecule has 4 nitrogen and oxygen atoms in total. The molecule has 0 aromatic rings. The van der Waals surface area contributed by atoms with Gasteiger partial charge in [-0.3, -0.25) is 4.90 Å². The number of nitrogens with zero attached hydrogens (tertiary/aromatic N) is 1. The molecule has 0 aromatic carbocycles. The molecule has 1 aliphatic heterocycles. The van der Waals surface area contributed by atoms with E-state index in [0.29, 0.717) is 12.0 Å². The van der Waals surface area contributed by atoms with Gasteiger partial charge in [0.2, 0.25) is 0 Å². The van der Waals surface area contributed by atoms with Gasteiger partial charge in [0.15, 0.2) is 6.29 Å². The van der Waals surface area contributed by atoms with E-state index in [0.717, 1.165) is 19.6 Å². The van der Waals surface area contributed by atoms with Crippen LogP contribution < -0.4 is 0 Å². The van der Waals surface area contributed by atoms with Crippen LogP contribution in [0.2, 0.25) is 0 Å². The Labute approximate surface area is 92.5 Å². The molecule has 1 aliphatic rings. The summed E-state index contributed by atoms with van der Waals surface area (Å²) < 4.78 is 15.8. The molecule has 15 heavy (non-hydrogen) atoms. The standard InChI is InChI=1S/C11H23NO3/c1-9-5-6-12(7-10(9)13-2)8-11(14-3)15-4/h9-11H,5-8H2,1-4H3. The molecule has 0 saturated carbocycles. The molecule has 0 radical (unpaired) electrons. The largest absolute Gasteiger partial charge is 0.380 e. The summed E-state index contributed by atoms with van der Waals surface area (Å²) in [6.07, 6.45) is 1.39. The van der Waals surface area contributed by atoms with E-state index < -0.39 is 0 Å². The summed E-state index contributed by atoms with van der Waals surface area (Å²) in [7, 11) is 5.14. The zero-order valence-corrected chi connectivity index (χ0v) is 10.2. The number of ether oxygens (including phenoxy) is 3. The van der Waals surface area contributed by atoms with Crippen LogP contribution in [0.1, 0.15) is 13.3 Å². The van der Waals surface area contributed by atoms with Gasteiger partial charge in [-0.25, -0.2) is 0 Å². The summed E-state index contributed by atoms with van der Waals surface area (Å²) in [5.41, 5.74) is 0. The van der Waals surface area contributed by atoms with Crippen molar-refractivity contribution < 1.29 is 14.2 Å². The van der Waals surface area contributed by atoms with E-state index in [2.05, 4.69) is 11.8 Å². The molecular weight excluding hydrogens is 194 g/mol. The second-order valence-corrected chi connectivity index (χ2v) is 4.20. The average Bonchev–Trinajstić information content (AvgIpc) is 2.28. The first kappa shape index (κ1) is 12.9. The highest BCUT2D eigenvalue weighted by atomic mass is 16.7. The number of methoxy groups -OCH3 is 3. The predicted octanol–water partition coefficient (Wildman–Crippen LogP) is 0.962. The van der Waals surface area contributed by atoms with E-state index in [4.69, 9.17) is 14.2 Å². The van der Waals surface area contributed by atoms with Crippen molar-refractivity contribution in [3.8, 4) is 0 Å². The molecule has 1 heterocycles. The Hall–Kier alpha value is -0.160. The number of piperidine rings is 1. The lowest BCUT2D eigenvalue weighted by Gasteiger charge is -2.37. The molecule has 2 unspecified atom stereocenters. The summed E-state index contributed by atoms with van der Waals surface area (Å²) in [5, 5.41) is 0. The van der Waals surface area contributed by atoms with E-state index in [1.807, 2.05) is 0 Å². The molecule has 4 heteroatoms. The van der Waals surface area contributed by atoms with Gasteiger partial charge in [0.05, 0.1) is 6.10 Å². The Kier molecular flexibility index (Phi) is 5.53. The lowest BCUT2D eigenvalue weighted by molar-refractivity contribution is -0.125. The molecule has 2 atom stereocenters. The quantitative estimate of drug-likeness (QED) is 0.642. The highest BCUT2D eigenvalue weighted by Gasteiger charge is 2.27. The fourth-order valence-electron chi connectivity index (χ4n) is 2.03. The van der Waals surface area contributed by atoms with Crippen molar-refractivity contribution in [2.75, 3.05) is 41.0 Å². The number of rotatable bonds is 5. The molecule has 0 N–H and O–H groups in total. The minimum Gasteiger partial charge on any atom is -0.380 e. The van der Waals surface area contributed by atoms with E-state index in [1.54, 1.807) is 21.3 Å². The van der Waals surface area contributed by atoms with Crippen molar-refractivity contribution in [1.82, 2.24) is 4.90 Å². The second-order valence-electron chi connectivity index (χ2n) is 4.20. The van der Waals surface area contributed by atoms with Crippen LogP contribution in [0.15, 0.2) is 0 Å². The second kappa shape index (κ2) is 6.43. The van der Waals surface area contributed by atoms with Crippen LogP contribution in [-0.4, -0.2) is 58.3 Å². The first-order valence-corrected chi connectivity index (χ1v) is 5.52. The third kappa shape index (κ3) is 3.72. The zero-order chi connectivity index (χ0) is 11.3. The van der Waals surface area contributed by atoms with Gasteiger partial charge in [-0.15, -0.1) is 0 Å². The van der Waals surface area contributed by atoms with Gasteiger partial charge in [0.25, 0.3) is 0 Å². The highest BCUT2D eigenvalue weighted by molar-refractivity contribution is 4.78. The topological polar surface area (TPSA) is 30.9 Å². The summed E-state index contributed by atoms with van der Waals surface area (Å²) in [4.78, 5) is 2.34. The number of hydrogen-bond acceptors (Lipinski definition) is 4. The Balaban J connectivity index is 2.37. The molecule has 0 spiro atoms. The van der Waals surface area contributed by atoms with Crippen LogP contribution >= 0.6 is 0 Å². The number of likely N-dealkylation sites (tertiary alicyclic amines) is 1. The fraction of sp³-hybridized carbons (Fsp3) is 1.00. The monoisotopic (exact) mass is 217 g/mol. The lowest BCUT2D eigenvalue weighted by atomic mass is 9.96. The Morgan fingerprint density at radius 3 is 2.47 bits per heavy atom. The molecule has 1 fully saturated rings. The maximum atomic E-state index is 5.46. The number of hydrogen-bond donors (Lipinski definition) is 0. The van der Waals surface area contributed by atoms with Crippen LogP contribution in [0.25, 0.3) is 0 Å². The molecule has 1 saturated heterocycles. The molecular formula is C11H23NO3. The molecule has 1 rings (SSSR count). The van der Waals surface area contributed by atoms with Crippen LogP contribution in [0, 0.1) is 5.92 Å². The van der Waals surface area contributed by atoms with E-state index >= 15 is 0 Å². The van der Waals surface area contributed by atoms with E-state index in [-0.39, 0.29) is 6.29 Å². The molecule has 0 aliphatic carbocycles. The van der Waals surface area contributed by atoms with Crippen molar-refractivity contribution in [3.63, 3.8) is 0 Å². The first-order valence-electron chi connectivity index (χ1n) is 5.52. The molecule has 0 amide bonds. The minimum atomic E-state index is -0.129. The Bertz CT molecular complexity index is 171. The van der Waals surface area contributed by atoms with Crippen LogP contribution in [-0.2, 0) is 14.2 Å². The lowest BCUT2D eigenvalue weighted by Crippen LogP contribution is -2.47. The van der Waals surface area contributed by atoms with Crippen molar-refractivity contribution in [3.05, 3.63) is 0 Å². The molecule has 0 aromatic heterocycles. The van der Waals surface area contributed by atoms with Crippen LogP contribution in [0.5, 0.6) is 0 Å². The highest BCUT2D eigenvalue weighted by Crippen LogP contribution is 2.19. The normalized spacial score (nSPS) is 28.6. The van der Waals surface area contributed by atoms with Gasteiger partial charge in [-0.1, -0.05) is 6.92 Å². The van der Waals surface area contributed by atoms with Gasteiger partial charge in [-0.2, -0.15) is 0 Å². The summed E-state index contributed by atoms with van der Waals surface area (Å²) in [5.74, 6) is 0.648. The van der Waals surface area contributed by atoms with Crippen LogP contribution in [0.3, 0.4) is 0 Å². The van der Waals surface area contributed by atoms with Gasteiger partial charge < -0.3 is 14.2 Å². The van der Waals surface area contributed by atoms with Gasteiger partial charge >= 0.3 is 0 Å². The van der Waals surface area contributed by atoms with Crippen molar-refractivity contribution >= 4 is 0 Å². The Morgan fingerprint density at radius 2 is 1.93 bits per heavy atom. The first-order chi connectivity index (χ1) is 7.21. The van der Waals surface area contributed by atoms with Crippen molar-refractivity contribution in [2.24, 2.45) is 5.92 Å². The summed E-state index contributed by atoms with van der Waals surface area (Å²) >= 11 is 0. The molecule has 90 valence electrons. The Morgan fingerprint density at radius 1 is 1.27 bits per heavy atom. The molecule has 0 bridgehead atoms. The maximum Gasteiger partial charge on any atom is 0.169 e. The van der Waals surface area contributed by atoms with Gasteiger partial charge in [0.1, 0.15) is 0 Å².